The van der Waals surface area contributed by atoms with Gasteiger partial charge in [-0.15, -0.1) is 11.3 Å². The Morgan fingerprint density at radius 3 is 2.58 bits per heavy atom. The maximum Gasteiger partial charge on any atom is 0.316 e. The van der Waals surface area contributed by atoms with Crippen LogP contribution in [0, 0.1) is 0 Å². The quantitative estimate of drug-likeness (QED) is 0.373. The first kappa shape index (κ1) is 22.8. The summed E-state index contributed by atoms with van der Waals surface area (Å²) in [6, 6.07) is 9.35. The van der Waals surface area contributed by atoms with Crippen molar-refractivity contribution in [2.24, 2.45) is 0 Å². The lowest BCUT2D eigenvalue weighted by Crippen LogP contribution is -2.59. The highest BCUT2D eigenvalue weighted by atomic mass is 79.9. The van der Waals surface area contributed by atoms with Crippen molar-refractivity contribution in [3.05, 3.63) is 55.4 Å². The zero-order chi connectivity index (χ0) is 22.2. The van der Waals surface area contributed by atoms with Crippen molar-refractivity contribution >= 4 is 56.4 Å². The zero-order valence-electron chi connectivity index (χ0n) is 17.4. The number of carbonyl (C=O) groups is 1. The lowest BCUT2D eigenvalue weighted by molar-refractivity contribution is -0.947. The summed E-state index contributed by atoms with van der Waals surface area (Å²) in [5.41, 5.74) is 6.14. The predicted molar refractivity (Wildman–Crippen MR) is 131 cm³/mol. The van der Waals surface area contributed by atoms with Crippen LogP contribution in [0.1, 0.15) is 42.2 Å². The van der Waals surface area contributed by atoms with Gasteiger partial charge < -0.3 is 0 Å². The number of quaternary nitrogens is 1. The van der Waals surface area contributed by atoms with Crippen molar-refractivity contribution in [2.75, 3.05) is 20.1 Å². The molecule has 0 saturated carbocycles. The number of nitrogens with zero attached hydrogens (tertiary/aromatic N) is 3. The van der Waals surface area contributed by atoms with E-state index in [0.29, 0.717) is 32.4 Å². The third-order valence-electron chi connectivity index (χ3n) is 5.67. The molecular weight excluding hydrogens is 519 g/mol. The van der Waals surface area contributed by atoms with E-state index < -0.39 is 0 Å². The normalized spacial score (nSPS) is 15.8. The third-order valence-corrected chi connectivity index (χ3v) is 7.84. The van der Waals surface area contributed by atoms with Gasteiger partial charge in [-0.25, -0.2) is 9.27 Å². The number of piperidine rings is 1. The number of amides is 1. The Hall–Kier alpha value is -1.38. The molecule has 1 amide bonds. The van der Waals surface area contributed by atoms with E-state index in [9.17, 15) is 4.79 Å². The van der Waals surface area contributed by atoms with Crippen molar-refractivity contribution in [3.8, 4) is 16.3 Å². The molecule has 1 aliphatic heterocycles. The van der Waals surface area contributed by atoms with Crippen LogP contribution >= 0.6 is 50.5 Å². The van der Waals surface area contributed by atoms with Gasteiger partial charge in [0.15, 0.2) is 5.69 Å². The van der Waals surface area contributed by atoms with E-state index in [0.717, 1.165) is 45.9 Å². The summed E-state index contributed by atoms with van der Waals surface area (Å²) in [5, 5.41) is 5.82. The van der Waals surface area contributed by atoms with Crippen molar-refractivity contribution in [3.63, 3.8) is 0 Å². The molecule has 1 saturated heterocycles. The molecule has 1 N–H and O–H groups in total. The van der Waals surface area contributed by atoms with E-state index in [-0.39, 0.29) is 5.91 Å². The molecule has 164 valence electrons. The van der Waals surface area contributed by atoms with Crippen LogP contribution in [-0.4, -0.2) is 40.4 Å². The van der Waals surface area contributed by atoms with E-state index in [1.807, 2.05) is 25.1 Å². The highest BCUT2D eigenvalue weighted by molar-refractivity contribution is 9.11. The van der Waals surface area contributed by atoms with E-state index in [2.05, 4.69) is 28.4 Å². The fourth-order valence-corrected chi connectivity index (χ4v) is 6.04. The monoisotopic (exact) mass is 541 g/mol. The second kappa shape index (κ2) is 9.24. The summed E-state index contributed by atoms with van der Waals surface area (Å²) in [6.45, 7) is 3.91. The van der Waals surface area contributed by atoms with Gasteiger partial charge >= 0.3 is 5.91 Å². The molecule has 0 atom stereocenters. The summed E-state index contributed by atoms with van der Waals surface area (Å²) in [4.78, 5) is 14.4. The molecule has 0 spiro atoms. The number of thiophene rings is 1. The average Bonchev–Trinajstić information content (AvgIpc) is 3.31. The molecule has 2 aromatic heterocycles. The minimum absolute atomic E-state index is 0.151. The van der Waals surface area contributed by atoms with E-state index in [1.165, 1.54) is 6.42 Å². The van der Waals surface area contributed by atoms with Gasteiger partial charge in [-0.05, 0) is 71.9 Å². The number of aromatic nitrogens is 2. The van der Waals surface area contributed by atoms with Gasteiger partial charge in [-0.3, -0.25) is 4.79 Å². The average molecular weight is 543 g/mol. The first-order chi connectivity index (χ1) is 14.8. The van der Waals surface area contributed by atoms with E-state index in [4.69, 9.17) is 28.3 Å². The lowest BCUT2D eigenvalue weighted by atomic mass is 10.1. The largest absolute Gasteiger partial charge is 0.316 e. The van der Waals surface area contributed by atoms with Crippen LogP contribution < -0.4 is 5.43 Å². The SMILES string of the molecule is CCc1c(C(=O)N[N+]2(C)CCCCC2)nn(-c2ccc(Cl)cc2Cl)c1-c1ccc(Br)s1. The molecule has 0 bridgehead atoms. The van der Waals surface area contributed by atoms with Crippen molar-refractivity contribution in [1.29, 1.82) is 0 Å². The number of hydrogen-bond donors (Lipinski definition) is 1. The Balaban J connectivity index is 1.84. The minimum Gasteiger partial charge on any atom is -0.262 e. The highest BCUT2D eigenvalue weighted by Gasteiger charge is 2.32. The number of carbonyl (C=O) groups excluding carboxylic acids is 1. The van der Waals surface area contributed by atoms with Gasteiger partial charge in [0.05, 0.1) is 32.1 Å². The first-order valence-electron chi connectivity index (χ1n) is 10.3. The lowest BCUT2D eigenvalue weighted by Gasteiger charge is -2.36. The second-order valence-corrected chi connectivity index (χ2v) is 11.3. The highest BCUT2D eigenvalue weighted by Crippen LogP contribution is 2.38. The Morgan fingerprint density at radius 2 is 1.97 bits per heavy atom. The summed E-state index contributed by atoms with van der Waals surface area (Å²) in [7, 11) is 2.08. The minimum atomic E-state index is -0.151. The number of nitrogens with one attached hydrogen (secondary N) is 1. The second-order valence-electron chi connectivity index (χ2n) is 7.99. The number of halogens is 3. The standard InChI is InChI=1S/C22H23BrCl2N4OS/c1-3-15-20(22(30)27-29(2)11-5-4-6-12-29)26-28(17-8-7-14(24)13-16(17)25)21(15)18-9-10-19(23)31-18/h7-10,13H,3-6,11-12H2,1-2H3/p+1. The first-order valence-corrected chi connectivity index (χ1v) is 12.7. The topological polar surface area (TPSA) is 46.9 Å². The Kier molecular flexibility index (Phi) is 6.79. The van der Waals surface area contributed by atoms with Crippen LogP contribution in [0.25, 0.3) is 16.3 Å². The molecule has 1 aliphatic rings. The third kappa shape index (κ3) is 4.71. The molecule has 3 heterocycles. The van der Waals surface area contributed by atoms with Crippen molar-refractivity contribution in [2.45, 2.75) is 32.6 Å². The number of hydrogen-bond acceptors (Lipinski definition) is 3. The van der Waals surface area contributed by atoms with E-state index in [1.54, 1.807) is 28.2 Å². The number of likely N-dealkylation sites (tertiary alicyclic amines) is 1. The molecule has 1 aromatic carbocycles. The van der Waals surface area contributed by atoms with Gasteiger partial charge in [0, 0.05) is 10.6 Å². The van der Waals surface area contributed by atoms with Gasteiger partial charge in [0.2, 0.25) is 0 Å². The number of rotatable bonds is 5. The molecule has 1 fully saturated rings. The Morgan fingerprint density at radius 1 is 1.23 bits per heavy atom. The molecule has 9 heteroatoms. The van der Waals surface area contributed by atoms with Crippen LogP contribution in [0.3, 0.4) is 0 Å². The summed E-state index contributed by atoms with van der Waals surface area (Å²) < 4.78 is 3.33. The maximum absolute atomic E-state index is 13.4. The van der Waals surface area contributed by atoms with E-state index >= 15 is 0 Å². The fraction of sp³-hybridized carbons (Fsp3) is 0.364. The molecule has 0 unspecified atom stereocenters. The van der Waals surface area contributed by atoms with Gasteiger partial charge in [-0.2, -0.15) is 10.5 Å². The molecule has 31 heavy (non-hydrogen) atoms. The molecule has 0 aliphatic carbocycles. The van der Waals surface area contributed by atoms with Crippen LogP contribution in [-0.2, 0) is 6.42 Å². The molecule has 3 aromatic rings. The Labute approximate surface area is 204 Å². The number of benzene rings is 1. The smallest absolute Gasteiger partial charge is 0.262 e. The zero-order valence-corrected chi connectivity index (χ0v) is 21.3. The van der Waals surface area contributed by atoms with Crippen LogP contribution in [0.15, 0.2) is 34.1 Å². The molecular formula is C22H24BrCl2N4OS+. The van der Waals surface area contributed by atoms with Gasteiger partial charge in [0.1, 0.15) is 13.1 Å². The maximum atomic E-state index is 13.4. The van der Waals surface area contributed by atoms with Gasteiger partial charge in [0.25, 0.3) is 0 Å². The molecule has 0 radical (unpaired) electrons. The van der Waals surface area contributed by atoms with Gasteiger partial charge in [-0.1, -0.05) is 30.1 Å². The van der Waals surface area contributed by atoms with Crippen LogP contribution in [0.2, 0.25) is 10.0 Å². The predicted octanol–water partition coefficient (Wildman–Crippen LogP) is 6.51. The fourth-order valence-electron chi connectivity index (χ4n) is 4.11. The van der Waals surface area contributed by atoms with Crippen LogP contribution in [0.4, 0.5) is 0 Å². The molecule has 4 rings (SSSR count). The summed E-state index contributed by atoms with van der Waals surface area (Å²) in [5.74, 6) is -0.151. The van der Waals surface area contributed by atoms with Crippen molar-refractivity contribution < 1.29 is 9.39 Å². The summed E-state index contributed by atoms with van der Waals surface area (Å²) in [6.07, 6.45) is 4.11. The van der Waals surface area contributed by atoms with Crippen molar-refractivity contribution in [1.82, 2.24) is 15.2 Å². The van der Waals surface area contributed by atoms with Crippen LogP contribution in [0.5, 0.6) is 0 Å². The summed E-state index contributed by atoms with van der Waals surface area (Å²) >= 11 is 17.8. The molecule has 5 nitrogen and oxygen atoms in total. The Bertz CT molecular complexity index is 1120.